The third-order valence-electron chi connectivity index (χ3n) is 3.88. The molecule has 1 saturated heterocycles. The van der Waals surface area contributed by atoms with Crippen LogP contribution in [-0.2, 0) is 9.47 Å². The molecule has 1 unspecified atom stereocenters. The summed E-state index contributed by atoms with van der Waals surface area (Å²) in [5.74, 6) is -0.479. The summed E-state index contributed by atoms with van der Waals surface area (Å²) in [7, 11) is 0. The Morgan fingerprint density at radius 2 is 2.00 bits per heavy atom. The Labute approximate surface area is 123 Å². The number of halogens is 1. The Bertz CT molecular complexity index is 482. The molecule has 3 rings (SSSR count). The predicted octanol–water partition coefficient (Wildman–Crippen LogP) is 2.76. The van der Waals surface area contributed by atoms with Crippen LogP contribution in [0.5, 0.6) is 0 Å². The molecular formula is C15H18ClNO3. The van der Waals surface area contributed by atoms with Gasteiger partial charge in [-0.25, -0.2) is 0 Å². The Balaban J connectivity index is 1.50. The second-order valence-corrected chi connectivity index (χ2v) is 5.82. The molecule has 20 heavy (non-hydrogen) atoms. The van der Waals surface area contributed by atoms with Gasteiger partial charge in [-0.15, -0.1) is 0 Å². The van der Waals surface area contributed by atoms with E-state index in [-0.39, 0.29) is 17.8 Å². The van der Waals surface area contributed by atoms with Crippen molar-refractivity contribution in [1.82, 2.24) is 5.32 Å². The monoisotopic (exact) mass is 295 g/mol. The normalized spacial score (nSPS) is 24.1. The van der Waals surface area contributed by atoms with E-state index < -0.39 is 0 Å². The first-order chi connectivity index (χ1) is 9.67. The van der Waals surface area contributed by atoms with Crippen LogP contribution in [-0.4, -0.2) is 30.9 Å². The highest BCUT2D eigenvalue weighted by molar-refractivity contribution is 6.30. The maximum Gasteiger partial charge on any atom is 0.251 e. The second kappa shape index (κ2) is 5.72. The first-order valence-electron chi connectivity index (χ1n) is 7.02. The van der Waals surface area contributed by atoms with Crippen LogP contribution in [0.2, 0.25) is 5.02 Å². The molecule has 108 valence electrons. The summed E-state index contributed by atoms with van der Waals surface area (Å²) in [6.45, 7) is 1.03. The molecule has 1 aliphatic heterocycles. The third-order valence-corrected chi connectivity index (χ3v) is 4.13. The van der Waals surface area contributed by atoms with E-state index in [1.807, 2.05) is 0 Å². The average Bonchev–Trinajstić information content (AvgIpc) is 3.08. The van der Waals surface area contributed by atoms with Crippen LogP contribution < -0.4 is 5.32 Å². The highest BCUT2D eigenvalue weighted by atomic mass is 35.5. The van der Waals surface area contributed by atoms with Crippen molar-refractivity contribution in [3.05, 3.63) is 34.9 Å². The van der Waals surface area contributed by atoms with Gasteiger partial charge in [-0.05, 0) is 37.1 Å². The lowest BCUT2D eigenvalue weighted by Crippen LogP contribution is -2.35. The maximum atomic E-state index is 12.0. The van der Waals surface area contributed by atoms with Gasteiger partial charge < -0.3 is 14.8 Å². The number of carbonyl (C=O) groups excluding carboxylic acids is 1. The number of ether oxygens (including phenoxy) is 2. The average molecular weight is 296 g/mol. The molecule has 2 aliphatic rings. The van der Waals surface area contributed by atoms with E-state index in [0.29, 0.717) is 23.7 Å². The smallest absolute Gasteiger partial charge is 0.251 e. The minimum atomic E-state index is -0.365. The molecule has 1 N–H and O–H groups in total. The minimum Gasteiger partial charge on any atom is -0.349 e. The molecule has 1 aromatic rings. The van der Waals surface area contributed by atoms with Gasteiger partial charge in [0.05, 0.1) is 6.61 Å². The Hall–Kier alpha value is -1.10. The van der Waals surface area contributed by atoms with Crippen molar-refractivity contribution < 1.29 is 14.3 Å². The Morgan fingerprint density at radius 3 is 2.70 bits per heavy atom. The molecule has 1 aliphatic carbocycles. The summed E-state index contributed by atoms with van der Waals surface area (Å²) < 4.78 is 11.7. The van der Waals surface area contributed by atoms with E-state index >= 15 is 0 Å². The minimum absolute atomic E-state index is 0.0515. The van der Waals surface area contributed by atoms with Gasteiger partial charge in [0.2, 0.25) is 0 Å². The lowest BCUT2D eigenvalue weighted by atomic mass is 10.2. The summed E-state index contributed by atoms with van der Waals surface area (Å²) in [4.78, 5) is 12.0. The molecule has 1 aromatic carbocycles. The van der Waals surface area contributed by atoms with E-state index in [0.717, 1.165) is 25.7 Å². The molecule has 0 radical (unpaired) electrons. The first-order valence-corrected chi connectivity index (χ1v) is 7.40. The summed E-state index contributed by atoms with van der Waals surface area (Å²) in [6.07, 6.45) is 4.20. The van der Waals surface area contributed by atoms with Crippen molar-refractivity contribution >= 4 is 17.5 Å². The third kappa shape index (κ3) is 2.97. The van der Waals surface area contributed by atoms with Gasteiger partial charge in [0.15, 0.2) is 5.79 Å². The van der Waals surface area contributed by atoms with Gasteiger partial charge in [-0.2, -0.15) is 0 Å². The summed E-state index contributed by atoms with van der Waals surface area (Å²) in [5, 5.41) is 3.50. The Morgan fingerprint density at radius 1 is 1.30 bits per heavy atom. The predicted molar refractivity (Wildman–Crippen MR) is 75.8 cm³/mol. The second-order valence-electron chi connectivity index (χ2n) is 5.39. The summed E-state index contributed by atoms with van der Waals surface area (Å²) >= 11 is 5.80. The largest absolute Gasteiger partial charge is 0.349 e. The molecule has 2 fully saturated rings. The van der Waals surface area contributed by atoms with E-state index in [1.54, 1.807) is 24.3 Å². The van der Waals surface area contributed by atoms with Crippen LogP contribution in [0.15, 0.2) is 24.3 Å². The highest BCUT2D eigenvalue weighted by Crippen LogP contribution is 2.38. The lowest BCUT2D eigenvalue weighted by Gasteiger charge is -2.21. The zero-order chi connectivity index (χ0) is 14.0. The number of hydrogen-bond donors (Lipinski definition) is 1. The fourth-order valence-electron chi connectivity index (χ4n) is 2.80. The fourth-order valence-corrected chi connectivity index (χ4v) is 2.93. The van der Waals surface area contributed by atoms with E-state index in [9.17, 15) is 4.79 Å². The quantitative estimate of drug-likeness (QED) is 0.933. The molecular weight excluding hydrogens is 278 g/mol. The zero-order valence-electron chi connectivity index (χ0n) is 11.2. The van der Waals surface area contributed by atoms with Crippen LogP contribution in [0.1, 0.15) is 36.0 Å². The maximum absolute atomic E-state index is 12.0. The van der Waals surface area contributed by atoms with Crippen LogP contribution in [0.25, 0.3) is 0 Å². The number of benzene rings is 1. The SMILES string of the molecule is O=C(NCC1COC2(CCCC2)O1)c1ccc(Cl)cc1. The fraction of sp³-hybridized carbons (Fsp3) is 0.533. The molecule has 4 nitrogen and oxygen atoms in total. The molecule has 0 bridgehead atoms. The Kier molecular flexibility index (Phi) is 3.96. The van der Waals surface area contributed by atoms with Crippen molar-refractivity contribution in [2.24, 2.45) is 0 Å². The van der Waals surface area contributed by atoms with Gasteiger partial charge in [0, 0.05) is 30.0 Å². The van der Waals surface area contributed by atoms with Crippen LogP contribution in [0.3, 0.4) is 0 Å². The summed E-state index contributed by atoms with van der Waals surface area (Å²) in [6, 6.07) is 6.84. The standard InChI is InChI=1S/C15H18ClNO3/c16-12-5-3-11(4-6-12)14(18)17-9-13-10-19-15(20-13)7-1-2-8-15/h3-6,13H,1-2,7-10H2,(H,17,18). The number of hydrogen-bond acceptors (Lipinski definition) is 3. The van der Waals surface area contributed by atoms with E-state index in [4.69, 9.17) is 21.1 Å². The summed E-state index contributed by atoms with van der Waals surface area (Å²) in [5.41, 5.74) is 0.601. The molecule has 1 atom stereocenters. The highest BCUT2D eigenvalue weighted by Gasteiger charge is 2.43. The van der Waals surface area contributed by atoms with Gasteiger partial charge in [0.1, 0.15) is 6.10 Å². The van der Waals surface area contributed by atoms with Crippen molar-refractivity contribution in [1.29, 1.82) is 0 Å². The molecule has 1 saturated carbocycles. The van der Waals surface area contributed by atoms with Crippen molar-refractivity contribution in [3.63, 3.8) is 0 Å². The van der Waals surface area contributed by atoms with E-state index in [2.05, 4.69) is 5.32 Å². The molecule has 0 aromatic heterocycles. The number of carbonyl (C=O) groups is 1. The molecule has 5 heteroatoms. The molecule has 1 amide bonds. The van der Waals surface area contributed by atoms with Crippen molar-refractivity contribution in [2.75, 3.05) is 13.2 Å². The van der Waals surface area contributed by atoms with Crippen molar-refractivity contribution in [2.45, 2.75) is 37.6 Å². The molecule has 1 heterocycles. The van der Waals surface area contributed by atoms with Gasteiger partial charge in [-0.1, -0.05) is 11.6 Å². The van der Waals surface area contributed by atoms with Crippen LogP contribution in [0, 0.1) is 0 Å². The van der Waals surface area contributed by atoms with Crippen molar-refractivity contribution in [3.8, 4) is 0 Å². The van der Waals surface area contributed by atoms with Gasteiger partial charge in [0.25, 0.3) is 5.91 Å². The lowest BCUT2D eigenvalue weighted by molar-refractivity contribution is -0.161. The topological polar surface area (TPSA) is 47.6 Å². The zero-order valence-corrected chi connectivity index (χ0v) is 12.0. The number of rotatable bonds is 3. The van der Waals surface area contributed by atoms with Gasteiger partial charge >= 0.3 is 0 Å². The van der Waals surface area contributed by atoms with Crippen LogP contribution in [0.4, 0.5) is 0 Å². The van der Waals surface area contributed by atoms with E-state index in [1.165, 1.54) is 0 Å². The molecule has 1 spiro atoms. The number of amides is 1. The van der Waals surface area contributed by atoms with Gasteiger partial charge in [-0.3, -0.25) is 4.79 Å². The number of nitrogens with one attached hydrogen (secondary N) is 1. The first kappa shape index (κ1) is 13.9. The van der Waals surface area contributed by atoms with Crippen LogP contribution >= 0.6 is 11.6 Å².